The lowest BCUT2D eigenvalue weighted by atomic mass is 10.0. The highest BCUT2D eigenvalue weighted by molar-refractivity contribution is 5.93. The fourth-order valence-electron chi connectivity index (χ4n) is 1.93. The lowest BCUT2D eigenvalue weighted by molar-refractivity contribution is 0.0688. The van der Waals surface area contributed by atoms with Crippen LogP contribution in [0, 0.1) is 11.7 Å². The Morgan fingerprint density at radius 2 is 2.28 bits per heavy atom. The van der Waals surface area contributed by atoms with Crippen molar-refractivity contribution in [1.29, 1.82) is 0 Å². The van der Waals surface area contributed by atoms with Crippen LogP contribution in [0.3, 0.4) is 0 Å². The van der Waals surface area contributed by atoms with Crippen LogP contribution in [0.2, 0.25) is 0 Å². The minimum atomic E-state index is -1.18. The molecule has 0 aliphatic carbocycles. The monoisotopic (exact) mass is 254 g/mol. The van der Waals surface area contributed by atoms with Crippen molar-refractivity contribution in [3.05, 3.63) is 23.6 Å². The predicted octanol–water partition coefficient (Wildman–Crippen LogP) is 1.76. The van der Waals surface area contributed by atoms with Crippen molar-refractivity contribution in [2.45, 2.75) is 12.8 Å². The second-order valence-electron chi connectivity index (χ2n) is 4.29. The molecule has 1 saturated heterocycles. The van der Waals surface area contributed by atoms with Gasteiger partial charge in [0.25, 0.3) is 0 Å². The van der Waals surface area contributed by atoms with Crippen LogP contribution in [-0.4, -0.2) is 35.8 Å². The highest BCUT2D eigenvalue weighted by Gasteiger charge is 2.16. The van der Waals surface area contributed by atoms with Gasteiger partial charge in [-0.2, -0.15) is 0 Å². The maximum atomic E-state index is 12.9. The molecule has 0 spiro atoms. The van der Waals surface area contributed by atoms with Crippen molar-refractivity contribution < 1.29 is 19.0 Å². The molecule has 6 heteroatoms. The average Bonchev–Trinajstić information content (AvgIpc) is 2.38. The molecule has 0 aromatic carbocycles. The number of ether oxygens (including phenoxy) is 1. The minimum Gasteiger partial charge on any atom is -0.478 e. The molecule has 1 aliphatic heterocycles. The molecule has 1 aliphatic rings. The molecule has 0 bridgehead atoms. The number of pyridine rings is 1. The van der Waals surface area contributed by atoms with Crippen molar-refractivity contribution in [2.75, 3.05) is 25.1 Å². The maximum absolute atomic E-state index is 12.9. The fourth-order valence-corrected chi connectivity index (χ4v) is 1.93. The van der Waals surface area contributed by atoms with Crippen LogP contribution in [0.15, 0.2) is 12.3 Å². The van der Waals surface area contributed by atoms with E-state index in [4.69, 9.17) is 9.84 Å². The fraction of sp³-hybridized carbons (Fsp3) is 0.500. The van der Waals surface area contributed by atoms with Crippen LogP contribution >= 0.6 is 0 Å². The minimum absolute atomic E-state index is 0.137. The number of carboxylic acids is 1. The Labute approximate surface area is 104 Å². The first kappa shape index (κ1) is 12.8. The van der Waals surface area contributed by atoms with E-state index in [1.807, 2.05) is 0 Å². The van der Waals surface area contributed by atoms with Gasteiger partial charge in [0, 0.05) is 19.8 Å². The summed E-state index contributed by atoms with van der Waals surface area (Å²) in [4.78, 5) is 14.7. The number of hydrogen-bond acceptors (Lipinski definition) is 4. The molecular weight excluding hydrogens is 239 g/mol. The summed E-state index contributed by atoms with van der Waals surface area (Å²) in [6, 6.07) is 0.974. The molecular formula is C12H15FN2O3. The number of hydrogen-bond donors (Lipinski definition) is 2. The van der Waals surface area contributed by atoms with Crippen LogP contribution < -0.4 is 5.32 Å². The molecule has 0 atom stereocenters. The van der Waals surface area contributed by atoms with Crippen molar-refractivity contribution in [3.8, 4) is 0 Å². The number of aromatic carboxylic acids is 1. The Hall–Kier alpha value is -1.69. The molecule has 2 heterocycles. The van der Waals surface area contributed by atoms with E-state index in [9.17, 15) is 9.18 Å². The summed E-state index contributed by atoms with van der Waals surface area (Å²) >= 11 is 0. The van der Waals surface area contributed by atoms with E-state index in [0.717, 1.165) is 38.3 Å². The topological polar surface area (TPSA) is 71.5 Å². The van der Waals surface area contributed by atoms with Gasteiger partial charge in [-0.15, -0.1) is 0 Å². The van der Waals surface area contributed by atoms with Gasteiger partial charge in [-0.25, -0.2) is 14.2 Å². The zero-order valence-corrected chi connectivity index (χ0v) is 9.86. The summed E-state index contributed by atoms with van der Waals surface area (Å²) in [5.41, 5.74) is -0.137. The lowest BCUT2D eigenvalue weighted by Crippen LogP contribution is -2.23. The van der Waals surface area contributed by atoms with Crippen molar-refractivity contribution in [2.24, 2.45) is 5.92 Å². The molecule has 98 valence electrons. The molecule has 1 aromatic rings. The third-order valence-corrected chi connectivity index (χ3v) is 2.98. The van der Waals surface area contributed by atoms with E-state index in [1.165, 1.54) is 0 Å². The first-order chi connectivity index (χ1) is 8.66. The highest BCUT2D eigenvalue weighted by atomic mass is 19.1. The van der Waals surface area contributed by atoms with Gasteiger partial charge in [-0.05, 0) is 24.8 Å². The Kier molecular flexibility index (Phi) is 4.09. The highest BCUT2D eigenvalue weighted by Crippen LogP contribution is 2.18. The molecule has 5 nitrogen and oxygen atoms in total. The molecule has 1 fully saturated rings. The zero-order valence-electron chi connectivity index (χ0n) is 9.86. The molecule has 2 rings (SSSR count). The third kappa shape index (κ3) is 3.16. The van der Waals surface area contributed by atoms with E-state index in [-0.39, 0.29) is 11.4 Å². The van der Waals surface area contributed by atoms with E-state index < -0.39 is 11.8 Å². The molecule has 1 aromatic heterocycles. The number of halogens is 1. The zero-order chi connectivity index (χ0) is 13.0. The van der Waals surface area contributed by atoms with Gasteiger partial charge in [0.2, 0.25) is 0 Å². The van der Waals surface area contributed by atoms with Crippen LogP contribution in [0.25, 0.3) is 0 Å². The summed E-state index contributed by atoms with van der Waals surface area (Å²) in [6.45, 7) is 2.09. The molecule has 18 heavy (non-hydrogen) atoms. The number of anilines is 1. The SMILES string of the molecule is O=C(O)c1cc(F)cnc1NCC1CCOCC1. The molecule has 0 saturated carbocycles. The smallest absolute Gasteiger partial charge is 0.339 e. The quantitative estimate of drug-likeness (QED) is 0.856. The van der Waals surface area contributed by atoms with Gasteiger partial charge in [0.15, 0.2) is 0 Å². The van der Waals surface area contributed by atoms with Crippen molar-refractivity contribution in [3.63, 3.8) is 0 Å². The molecule has 0 unspecified atom stereocenters. The average molecular weight is 254 g/mol. The summed E-state index contributed by atoms with van der Waals surface area (Å²) < 4.78 is 18.2. The number of carboxylic acid groups (broad SMARTS) is 1. The van der Waals surface area contributed by atoms with Crippen LogP contribution in [0.5, 0.6) is 0 Å². The first-order valence-electron chi connectivity index (χ1n) is 5.87. The summed E-state index contributed by atoms with van der Waals surface area (Å²) in [5.74, 6) is -1.18. The van der Waals surface area contributed by atoms with Gasteiger partial charge in [0.05, 0.1) is 6.20 Å². The molecule has 0 amide bonds. The second kappa shape index (κ2) is 5.77. The number of nitrogens with one attached hydrogen (secondary N) is 1. The van der Waals surface area contributed by atoms with Crippen molar-refractivity contribution >= 4 is 11.8 Å². The molecule has 2 N–H and O–H groups in total. The van der Waals surface area contributed by atoms with Crippen LogP contribution in [0.1, 0.15) is 23.2 Å². The predicted molar refractivity (Wildman–Crippen MR) is 63.2 cm³/mol. The third-order valence-electron chi connectivity index (χ3n) is 2.98. The van der Waals surface area contributed by atoms with Crippen molar-refractivity contribution in [1.82, 2.24) is 4.98 Å². The normalized spacial score (nSPS) is 16.5. The van der Waals surface area contributed by atoms with E-state index >= 15 is 0 Å². The largest absolute Gasteiger partial charge is 0.478 e. The lowest BCUT2D eigenvalue weighted by Gasteiger charge is -2.22. The summed E-state index contributed by atoms with van der Waals surface area (Å²) in [5, 5.41) is 11.9. The second-order valence-corrected chi connectivity index (χ2v) is 4.29. The Balaban J connectivity index is 2.01. The number of carbonyl (C=O) groups is 1. The van der Waals surface area contributed by atoms with Crippen LogP contribution in [0.4, 0.5) is 10.2 Å². The Bertz CT molecular complexity index is 433. The van der Waals surface area contributed by atoms with Gasteiger partial charge in [0.1, 0.15) is 17.2 Å². The standard InChI is InChI=1S/C12H15FN2O3/c13-9-5-10(12(16)17)11(15-7-9)14-6-8-1-3-18-4-2-8/h5,7-8H,1-4,6H2,(H,14,15)(H,16,17). The Morgan fingerprint density at radius 3 is 2.94 bits per heavy atom. The number of rotatable bonds is 4. The first-order valence-corrected chi connectivity index (χ1v) is 5.87. The molecule has 0 radical (unpaired) electrons. The van der Waals surface area contributed by atoms with E-state index in [1.54, 1.807) is 0 Å². The van der Waals surface area contributed by atoms with E-state index in [0.29, 0.717) is 12.5 Å². The summed E-state index contributed by atoms with van der Waals surface area (Å²) in [6.07, 6.45) is 2.89. The van der Waals surface area contributed by atoms with Crippen LogP contribution in [-0.2, 0) is 4.74 Å². The van der Waals surface area contributed by atoms with E-state index in [2.05, 4.69) is 10.3 Å². The van der Waals surface area contributed by atoms with Gasteiger partial charge < -0.3 is 15.2 Å². The number of aromatic nitrogens is 1. The maximum Gasteiger partial charge on any atom is 0.339 e. The summed E-state index contributed by atoms with van der Waals surface area (Å²) in [7, 11) is 0. The van der Waals surface area contributed by atoms with Gasteiger partial charge in [-0.1, -0.05) is 0 Å². The Morgan fingerprint density at radius 1 is 1.56 bits per heavy atom. The number of nitrogens with zero attached hydrogens (tertiary/aromatic N) is 1. The van der Waals surface area contributed by atoms with Gasteiger partial charge in [-0.3, -0.25) is 0 Å². The van der Waals surface area contributed by atoms with Gasteiger partial charge >= 0.3 is 5.97 Å².